The summed E-state index contributed by atoms with van der Waals surface area (Å²) in [7, 11) is -0.839. The van der Waals surface area contributed by atoms with Crippen LogP contribution in [0.5, 0.6) is 5.75 Å². The van der Waals surface area contributed by atoms with E-state index in [2.05, 4.69) is 22.1 Å². The Kier molecular flexibility index (Phi) is 10.6. The smallest absolute Gasteiger partial charge is 0.407 e. The molecular weight excluding hydrogens is 439 g/mol. The molecule has 2 rings (SSSR count). The van der Waals surface area contributed by atoms with Gasteiger partial charge >= 0.3 is 6.09 Å². The number of ether oxygens (including phenoxy) is 2. The van der Waals surface area contributed by atoms with E-state index in [4.69, 9.17) is 14.0 Å². The van der Waals surface area contributed by atoms with Crippen molar-refractivity contribution in [2.24, 2.45) is 0 Å². The standard InChI is InChI=1S/C25H33N2O5P/c1-6-31-33(5)23-17-20(16-21(18-28)27-23)9-8-19-10-12-22(13-11-19)30-15-7-14-26-24(29)32-25(2,3)4/h10-13,16-17,28H,6-7,14-15,18H2,1-5H3,(H,26,29). The number of carbonyl (C=O) groups excluding carboxylic acids is 1. The van der Waals surface area contributed by atoms with E-state index in [0.717, 1.165) is 22.3 Å². The minimum atomic E-state index is -0.839. The number of alkyl carbamates (subject to hydrolysis) is 1. The van der Waals surface area contributed by atoms with Crippen LogP contribution in [0, 0.1) is 11.8 Å². The molecule has 0 spiro atoms. The third-order valence-corrected chi connectivity index (χ3v) is 5.66. The third-order valence-electron chi connectivity index (χ3n) is 4.14. The molecule has 0 saturated heterocycles. The minimum Gasteiger partial charge on any atom is -0.494 e. The minimum absolute atomic E-state index is 0.142. The maximum Gasteiger partial charge on any atom is 0.407 e. The Morgan fingerprint density at radius 2 is 1.85 bits per heavy atom. The number of amides is 1. The van der Waals surface area contributed by atoms with E-state index in [1.807, 2.05) is 64.7 Å². The normalized spacial score (nSPS) is 11.8. The van der Waals surface area contributed by atoms with Gasteiger partial charge in [-0.25, -0.2) is 9.78 Å². The lowest BCUT2D eigenvalue weighted by Gasteiger charge is -2.19. The summed E-state index contributed by atoms with van der Waals surface area (Å²) >= 11 is 0. The zero-order valence-corrected chi connectivity index (χ0v) is 20.9. The van der Waals surface area contributed by atoms with E-state index in [1.165, 1.54) is 0 Å². The van der Waals surface area contributed by atoms with Gasteiger partial charge < -0.3 is 24.4 Å². The van der Waals surface area contributed by atoms with Crippen LogP contribution in [0.1, 0.15) is 50.9 Å². The molecule has 7 nitrogen and oxygen atoms in total. The van der Waals surface area contributed by atoms with Gasteiger partial charge in [0.15, 0.2) is 0 Å². The SMILES string of the molecule is CCOP(C)c1cc(C#Cc2ccc(OCCCNC(=O)OC(C)(C)C)cc2)cc(CO)n1. The van der Waals surface area contributed by atoms with E-state index in [9.17, 15) is 9.90 Å². The van der Waals surface area contributed by atoms with Gasteiger partial charge in [-0.3, -0.25) is 0 Å². The van der Waals surface area contributed by atoms with Crippen LogP contribution < -0.4 is 15.5 Å². The largest absolute Gasteiger partial charge is 0.494 e. The molecule has 0 radical (unpaired) electrons. The molecule has 2 aromatic rings. The van der Waals surface area contributed by atoms with Crippen molar-refractivity contribution in [3.8, 4) is 17.6 Å². The molecule has 1 heterocycles. The van der Waals surface area contributed by atoms with Crippen LogP contribution in [0.15, 0.2) is 36.4 Å². The van der Waals surface area contributed by atoms with Crippen LogP contribution in [0.3, 0.4) is 0 Å². The number of rotatable bonds is 9. The fourth-order valence-corrected chi connectivity index (χ4v) is 3.80. The van der Waals surface area contributed by atoms with Gasteiger partial charge in [0, 0.05) is 24.3 Å². The summed E-state index contributed by atoms with van der Waals surface area (Å²) in [6, 6.07) is 11.2. The summed E-state index contributed by atoms with van der Waals surface area (Å²) in [4.78, 5) is 16.0. The predicted octanol–water partition coefficient (Wildman–Crippen LogP) is 3.96. The van der Waals surface area contributed by atoms with Gasteiger partial charge in [0.05, 0.1) is 32.5 Å². The van der Waals surface area contributed by atoms with Gasteiger partial charge in [-0.05, 0) is 77.2 Å². The van der Waals surface area contributed by atoms with E-state index in [0.29, 0.717) is 31.9 Å². The van der Waals surface area contributed by atoms with Crippen molar-refractivity contribution in [1.82, 2.24) is 10.3 Å². The molecule has 1 atom stereocenters. The van der Waals surface area contributed by atoms with Gasteiger partial charge in [0.2, 0.25) is 0 Å². The van der Waals surface area contributed by atoms with Crippen LogP contribution in [0.4, 0.5) is 4.79 Å². The number of pyridine rings is 1. The van der Waals surface area contributed by atoms with Crippen molar-refractivity contribution < 1.29 is 23.9 Å². The molecule has 1 amide bonds. The van der Waals surface area contributed by atoms with Gasteiger partial charge in [0.25, 0.3) is 0 Å². The molecule has 178 valence electrons. The highest BCUT2D eigenvalue weighted by Gasteiger charge is 2.15. The van der Waals surface area contributed by atoms with Gasteiger partial charge in [-0.2, -0.15) is 0 Å². The number of hydrogen-bond acceptors (Lipinski definition) is 6. The lowest BCUT2D eigenvalue weighted by atomic mass is 10.2. The number of benzene rings is 1. The summed E-state index contributed by atoms with van der Waals surface area (Å²) in [6.45, 7) is 10.8. The zero-order valence-electron chi connectivity index (χ0n) is 20.0. The van der Waals surface area contributed by atoms with Crippen molar-refractivity contribution >= 4 is 19.7 Å². The number of nitrogens with one attached hydrogen (secondary N) is 1. The Morgan fingerprint density at radius 1 is 1.15 bits per heavy atom. The lowest BCUT2D eigenvalue weighted by molar-refractivity contribution is 0.0525. The second kappa shape index (κ2) is 13.2. The summed E-state index contributed by atoms with van der Waals surface area (Å²) in [6.07, 6.45) is 0.242. The molecule has 1 aromatic heterocycles. The van der Waals surface area contributed by atoms with Crippen LogP contribution in [0.25, 0.3) is 0 Å². The molecule has 0 aliphatic carbocycles. The highest BCUT2D eigenvalue weighted by atomic mass is 31.1. The first-order chi connectivity index (χ1) is 15.7. The first-order valence-electron chi connectivity index (χ1n) is 10.9. The first-order valence-corrected chi connectivity index (χ1v) is 12.6. The topological polar surface area (TPSA) is 89.9 Å². The van der Waals surface area contributed by atoms with Gasteiger partial charge in [-0.1, -0.05) is 11.8 Å². The number of hydrogen-bond donors (Lipinski definition) is 2. The quantitative estimate of drug-likeness (QED) is 0.326. The van der Waals surface area contributed by atoms with Crippen LogP contribution in [-0.4, -0.2) is 48.2 Å². The molecular formula is C25H33N2O5P. The van der Waals surface area contributed by atoms with Crippen molar-refractivity contribution in [2.75, 3.05) is 26.4 Å². The summed E-state index contributed by atoms with van der Waals surface area (Å²) in [5, 5.41) is 12.2. The molecule has 8 heteroatoms. The molecule has 1 aromatic carbocycles. The molecule has 1 unspecified atom stereocenters. The maximum absolute atomic E-state index is 11.6. The zero-order chi connectivity index (χ0) is 24.3. The molecule has 0 bridgehead atoms. The number of aliphatic hydroxyl groups is 1. The van der Waals surface area contributed by atoms with E-state index < -0.39 is 19.8 Å². The lowest BCUT2D eigenvalue weighted by Crippen LogP contribution is -2.33. The predicted molar refractivity (Wildman–Crippen MR) is 131 cm³/mol. The first kappa shape index (κ1) is 26.6. The number of aromatic nitrogens is 1. The second-order valence-electron chi connectivity index (χ2n) is 8.18. The molecule has 33 heavy (non-hydrogen) atoms. The van der Waals surface area contributed by atoms with Crippen molar-refractivity contribution in [3.05, 3.63) is 53.2 Å². The Labute approximate surface area is 197 Å². The van der Waals surface area contributed by atoms with E-state index in [1.54, 1.807) is 6.07 Å². The van der Waals surface area contributed by atoms with Crippen molar-refractivity contribution in [3.63, 3.8) is 0 Å². The van der Waals surface area contributed by atoms with Crippen LogP contribution in [0.2, 0.25) is 0 Å². The Morgan fingerprint density at radius 3 is 2.48 bits per heavy atom. The molecule has 0 aliphatic heterocycles. The summed E-state index contributed by atoms with van der Waals surface area (Å²) in [5.74, 6) is 7.01. The van der Waals surface area contributed by atoms with Crippen LogP contribution in [-0.2, 0) is 15.9 Å². The Balaban J connectivity index is 1.88. The van der Waals surface area contributed by atoms with Crippen LogP contribution >= 0.6 is 8.15 Å². The fourth-order valence-electron chi connectivity index (χ4n) is 2.69. The fraction of sp³-hybridized carbons (Fsp3) is 0.440. The highest BCUT2D eigenvalue weighted by molar-refractivity contribution is 7.59. The molecule has 0 saturated carbocycles. The van der Waals surface area contributed by atoms with Crippen molar-refractivity contribution in [1.29, 1.82) is 0 Å². The van der Waals surface area contributed by atoms with Crippen molar-refractivity contribution in [2.45, 2.75) is 46.3 Å². The number of carbonyl (C=O) groups is 1. The second-order valence-corrected chi connectivity index (χ2v) is 9.90. The average Bonchev–Trinajstić information content (AvgIpc) is 2.77. The molecule has 0 aliphatic rings. The summed E-state index contributed by atoms with van der Waals surface area (Å²) in [5.41, 5.74) is 2.52. The molecule has 0 fully saturated rings. The summed E-state index contributed by atoms with van der Waals surface area (Å²) < 4.78 is 16.6. The maximum atomic E-state index is 11.6. The monoisotopic (exact) mass is 472 g/mol. The third kappa shape index (κ3) is 10.2. The highest BCUT2D eigenvalue weighted by Crippen LogP contribution is 2.29. The van der Waals surface area contributed by atoms with E-state index in [-0.39, 0.29) is 6.61 Å². The van der Waals surface area contributed by atoms with E-state index >= 15 is 0 Å². The average molecular weight is 473 g/mol. The molecule has 2 N–H and O–H groups in total. The Hall–Kier alpha value is -2.65. The Bertz CT molecular complexity index is 961. The number of aliphatic hydroxyl groups excluding tert-OH is 1. The van der Waals surface area contributed by atoms with Gasteiger partial charge in [0.1, 0.15) is 11.4 Å². The number of nitrogens with zero attached hydrogens (tertiary/aromatic N) is 1. The van der Waals surface area contributed by atoms with Gasteiger partial charge in [-0.15, -0.1) is 0 Å².